The minimum Gasteiger partial charge on any atom is -0.493 e. The molecule has 0 aliphatic heterocycles. The third-order valence-corrected chi connectivity index (χ3v) is 12.7. The molecule has 0 radical (unpaired) electrons. The van der Waals surface area contributed by atoms with Crippen molar-refractivity contribution in [3.05, 3.63) is 27.8 Å². The van der Waals surface area contributed by atoms with Crippen LogP contribution in [-0.2, 0) is 32.1 Å². The van der Waals surface area contributed by atoms with Gasteiger partial charge in [0, 0.05) is 0 Å². The van der Waals surface area contributed by atoms with Gasteiger partial charge in [-0.15, -0.1) is 0 Å². The van der Waals surface area contributed by atoms with Gasteiger partial charge in [-0.1, -0.05) is 234 Å². The predicted molar refractivity (Wildman–Crippen MR) is 251 cm³/mol. The Hall–Kier alpha value is -0.980. The van der Waals surface area contributed by atoms with Crippen molar-refractivity contribution in [2.45, 2.75) is 305 Å². The van der Waals surface area contributed by atoms with Gasteiger partial charge in [-0.2, -0.15) is 0 Å². The van der Waals surface area contributed by atoms with Crippen LogP contribution in [0.15, 0.2) is 0 Å². The maximum Gasteiger partial charge on any atom is 0.126 e. The Labute approximate surface area is 348 Å². The fourth-order valence-electron chi connectivity index (χ4n) is 9.08. The summed E-state index contributed by atoms with van der Waals surface area (Å²) in [4.78, 5) is 0. The molecule has 0 aromatic heterocycles. The molecule has 0 saturated heterocycles. The van der Waals surface area contributed by atoms with E-state index in [1.165, 1.54) is 269 Å². The Balaban J connectivity index is 3.72. The fraction of sp³-hybridized carbons (Fsp3) is 0.889. The van der Waals surface area contributed by atoms with Crippen LogP contribution in [0.5, 0.6) is 5.75 Å². The summed E-state index contributed by atoms with van der Waals surface area (Å²) in [5.74, 6) is 1.42. The van der Waals surface area contributed by atoms with Crippen molar-refractivity contribution in [1.82, 2.24) is 0 Å². The van der Waals surface area contributed by atoms with Crippen LogP contribution in [0.3, 0.4) is 0 Å². The smallest absolute Gasteiger partial charge is 0.126 e. The molecular formula is C54H102O. The summed E-state index contributed by atoms with van der Waals surface area (Å²) in [7, 11) is 0. The highest BCUT2D eigenvalue weighted by Gasteiger charge is 2.24. The molecule has 1 nitrogen and oxygen atoms in total. The highest BCUT2D eigenvalue weighted by molar-refractivity contribution is 5.57. The molecule has 0 N–H and O–H groups in total. The summed E-state index contributed by atoms with van der Waals surface area (Å²) in [6, 6.07) is 0. The van der Waals surface area contributed by atoms with E-state index in [1.54, 1.807) is 22.3 Å². The lowest BCUT2D eigenvalue weighted by Gasteiger charge is -2.28. The zero-order chi connectivity index (χ0) is 39.9. The molecule has 1 aromatic rings. The van der Waals surface area contributed by atoms with E-state index >= 15 is 0 Å². The van der Waals surface area contributed by atoms with Crippen LogP contribution < -0.4 is 4.74 Å². The highest BCUT2D eigenvalue weighted by Crippen LogP contribution is 2.40. The van der Waals surface area contributed by atoms with Crippen molar-refractivity contribution in [2.75, 3.05) is 6.61 Å². The van der Waals surface area contributed by atoms with E-state index in [9.17, 15) is 0 Å². The molecule has 0 amide bonds. The van der Waals surface area contributed by atoms with E-state index in [0.29, 0.717) is 0 Å². The van der Waals surface area contributed by atoms with Crippen molar-refractivity contribution in [1.29, 1.82) is 0 Å². The third kappa shape index (κ3) is 26.6. The van der Waals surface area contributed by atoms with Crippen LogP contribution >= 0.6 is 0 Å². The second kappa shape index (κ2) is 39.8. The van der Waals surface area contributed by atoms with Crippen molar-refractivity contribution < 1.29 is 4.74 Å². The van der Waals surface area contributed by atoms with Crippen LogP contribution in [0.1, 0.15) is 301 Å². The molecule has 0 saturated carbocycles. The van der Waals surface area contributed by atoms with E-state index in [0.717, 1.165) is 6.61 Å². The minimum absolute atomic E-state index is 0.919. The van der Waals surface area contributed by atoms with Gasteiger partial charge < -0.3 is 4.74 Å². The lowest BCUT2D eigenvalue weighted by atomic mass is 9.80. The van der Waals surface area contributed by atoms with Crippen molar-refractivity contribution in [3.63, 3.8) is 0 Å². The zero-order valence-corrected chi connectivity index (χ0v) is 39.1. The van der Waals surface area contributed by atoms with Gasteiger partial charge in [-0.25, -0.2) is 0 Å². The quantitative estimate of drug-likeness (QED) is 0.0602. The van der Waals surface area contributed by atoms with E-state index in [-0.39, 0.29) is 0 Å². The molecule has 0 bridgehead atoms. The third-order valence-electron chi connectivity index (χ3n) is 12.7. The summed E-state index contributed by atoms with van der Waals surface area (Å²) < 4.78 is 7.29. The first-order valence-electron chi connectivity index (χ1n) is 26.0. The Morgan fingerprint density at radius 3 is 0.691 bits per heavy atom. The number of rotatable bonds is 43. The standard InChI is InChI=1S/C54H102O/c1-7-13-19-25-31-37-43-49-50(44-38-32-26-20-14-8-2)52(46-40-34-28-22-16-10-4)54(55-48-42-36-30-24-18-12-6)53(47-41-35-29-23-17-11-5)51(49)45-39-33-27-21-15-9-3/h7-48H2,1-6H3. The molecule has 0 aliphatic carbocycles. The van der Waals surface area contributed by atoms with Crippen LogP contribution in [0.4, 0.5) is 0 Å². The van der Waals surface area contributed by atoms with Gasteiger partial charge in [0.1, 0.15) is 5.75 Å². The summed E-state index contributed by atoms with van der Waals surface area (Å²) in [6.45, 7) is 15.0. The Morgan fingerprint density at radius 1 is 0.218 bits per heavy atom. The SMILES string of the molecule is CCCCCCCCOc1c(CCCCCCCC)c(CCCCCCCC)c(CCCCCCCC)c(CCCCCCCC)c1CCCCCCCC. The molecule has 0 atom stereocenters. The fourth-order valence-corrected chi connectivity index (χ4v) is 9.08. The zero-order valence-electron chi connectivity index (χ0n) is 39.1. The number of benzene rings is 1. The maximum absolute atomic E-state index is 7.29. The Kier molecular flexibility index (Phi) is 37.7. The molecule has 0 aliphatic rings. The normalized spacial score (nSPS) is 11.6. The summed E-state index contributed by atoms with van der Waals surface area (Å²) >= 11 is 0. The van der Waals surface area contributed by atoms with Gasteiger partial charge in [0.05, 0.1) is 6.61 Å². The van der Waals surface area contributed by atoms with E-state index < -0.39 is 0 Å². The van der Waals surface area contributed by atoms with Gasteiger partial charge in [-0.05, 0) is 98.4 Å². The number of hydrogen-bond acceptors (Lipinski definition) is 1. The molecular weight excluding hydrogens is 665 g/mol. The van der Waals surface area contributed by atoms with Gasteiger partial charge in [0.15, 0.2) is 0 Å². The van der Waals surface area contributed by atoms with Crippen LogP contribution in [0.2, 0.25) is 0 Å². The van der Waals surface area contributed by atoms with Gasteiger partial charge in [-0.3, -0.25) is 0 Å². The number of ether oxygens (including phenoxy) is 1. The minimum atomic E-state index is 0.919. The lowest BCUT2D eigenvalue weighted by Crippen LogP contribution is -2.15. The molecule has 1 heteroatoms. The first kappa shape index (κ1) is 52.0. The molecule has 1 rings (SSSR count). The molecule has 0 heterocycles. The molecule has 55 heavy (non-hydrogen) atoms. The summed E-state index contributed by atoms with van der Waals surface area (Å²) in [5, 5.41) is 0. The largest absolute Gasteiger partial charge is 0.493 e. The monoisotopic (exact) mass is 767 g/mol. The second-order valence-electron chi connectivity index (χ2n) is 17.9. The molecule has 0 spiro atoms. The van der Waals surface area contributed by atoms with Gasteiger partial charge in [0.2, 0.25) is 0 Å². The highest BCUT2D eigenvalue weighted by atomic mass is 16.5. The molecule has 0 unspecified atom stereocenters. The summed E-state index contributed by atoms with van der Waals surface area (Å²) in [5.41, 5.74) is 8.82. The number of unbranched alkanes of at least 4 members (excludes halogenated alkanes) is 30. The summed E-state index contributed by atoms with van der Waals surface area (Å²) in [6.07, 6.45) is 55.9. The maximum atomic E-state index is 7.29. The molecule has 324 valence electrons. The van der Waals surface area contributed by atoms with Crippen LogP contribution in [0.25, 0.3) is 0 Å². The average Bonchev–Trinajstić information content (AvgIpc) is 3.19. The van der Waals surface area contributed by atoms with Crippen LogP contribution in [0, 0.1) is 0 Å². The topological polar surface area (TPSA) is 9.23 Å². The van der Waals surface area contributed by atoms with Crippen LogP contribution in [-0.4, -0.2) is 6.61 Å². The molecule has 1 aromatic carbocycles. The van der Waals surface area contributed by atoms with Crippen molar-refractivity contribution in [2.24, 2.45) is 0 Å². The predicted octanol–water partition coefficient (Wildman–Crippen LogP) is 18.9. The first-order valence-corrected chi connectivity index (χ1v) is 26.0. The Bertz CT molecular complexity index is 888. The average molecular weight is 767 g/mol. The Morgan fingerprint density at radius 2 is 0.418 bits per heavy atom. The molecule has 0 fully saturated rings. The van der Waals surface area contributed by atoms with Crippen molar-refractivity contribution in [3.8, 4) is 5.75 Å². The van der Waals surface area contributed by atoms with E-state index in [4.69, 9.17) is 4.74 Å². The first-order chi connectivity index (χ1) is 27.2. The van der Waals surface area contributed by atoms with E-state index in [1.807, 2.05) is 5.56 Å². The number of hydrogen-bond donors (Lipinski definition) is 0. The lowest BCUT2D eigenvalue weighted by molar-refractivity contribution is 0.296. The van der Waals surface area contributed by atoms with E-state index in [2.05, 4.69) is 41.5 Å². The second-order valence-corrected chi connectivity index (χ2v) is 17.9. The van der Waals surface area contributed by atoms with Gasteiger partial charge >= 0.3 is 0 Å². The van der Waals surface area contributed by atoms with Crippen molar-refractivity contribution >= 4 is 0 Å². The van der Waals surface area contributed by atoms with Gasteiger partial charge in [0.25, 0.3) is 0 Å².